The van der Waals surface area contributed by atoms with Gasteiger partial charge in [0.25, 0.3) is 0 Å². The van der Waals surface area contributed by atoms with Crippen LogP contribution in [0, 0.1) is 0 Å². The second-order valence-electron chi connectivity index (χ2n) is 16.0. The van der Waals surface area contributed by atoms with Crippen LogP contribution in [0.3, 0.4) is 0 Å². The summed E-state index contributed by atoms with van der Waals surface area (Å²) in [5.74, 6) is 0. The zero-order chi connectivity index (χ0) is 39.6. The van der Waals surface area contributed by atoms with Crippen LogP contribution in [0.25, 0.3) is 66.4 Å². The molecule has 280 valence electrons. The fourth-order valence-electron chi connectivity index (χ4n) is 10.4. The third kappa shape index (κ3) is 5.06. The lowest BCUT2D eigenvalue weighted by atomic mass is 9.68. The lowest BCUT2D eigenvalue weighted by Gasteiger charge is -2.32. The average Bonchev–Trinajstić information content (AvgIpc) is 3.80. The highest BCUT2D eigenvalue weighted by Crippen LogP contribution is 2.64. The number of benzene rings is 10. The van der Waals surface area contributed by atoms with Gasteiger partial charge in [0.15, 0.2) is 0 Å². The van der Waals surface area contributed by atoms with Gasteiger partial charge in [-0.2, -0.15) is 0 Å². The Morgan fingerprint density at radius 2 is 0.633 bits per heavy atom. The summed E-state index contributed by atoms with van der Waals surface area (Å²) in [6.07, 6.45) is 0. The maximum Gasteiger partial charge on any atom is 0.0731 e. The first-order valence-electron chi connectivity index (χ1n) is 20.8. The number of rotatable bonds is 6. The number of hydrogen-bond donors (Lipinski definition) is 0. The van der Waals surface area contributed by atoms with Crippen molar-refractivity contribution >= 4 is 27.8 Å². The van der Waals surface area contributed by atoms with Gasteiger partial charge in [-0.3, -0.25) is 0 Å². The second-order valence-corrected chi connectivity index (χ2v) is 16.0. The van der Waals surface area contributed by atoms with Gasteiger partial charge < -0.3 is 4.90 Å². The van der Waals surface area contributed by atoms with Crippen molar-refractivity contribution in [2.24, 2.45) is 0 Å². The third-order valence-electron chi connectivity index (χ3n) is 12.9. The molecule has 0 fully saturated rings. The maximum absolute atomic E-state index is 2.42. The van der Waals surface area contributed by atoms with Crippen LogP contribution >= 0.6 is 0 Å². The summed E-state index contributed by atoms with van der Waals surface area (Å²) in [4.78, 5) is 2.42. The van der Waals surface area contributed by atoms with E-state index in [-0.39, 0.29) is 0 Å². The molecule has 0 amide bonds. The van der Waals surface area contributed by atoms with Crippen molar-refractivity contribution in [2.45, 2.75) is 5.41 Å². The van der Waals surface area contributed by atoms with E-state index in [1.807, 2.05) is 0 Å². The predicted octanol–water partition coefficient (Wildman–Crippen LogP) is 15.7. The molecule has 0 unspecified atom stereocenters. The molecule has 0 aliphatic heterocycles. The van der Waals surface area contributed by atoms with Crippen LogP contribution in [0.15, 0.2) is 237 Å². The molecule has 0 atom stereocenters. The Morgan fingerprint density at radius 1 is 0.250 bits per heavy atom. The molecular formula is C59H39N. The Labute approximate surface area is 351 Å². The molecule has 0 aromatic heterocycles. The minimum Gasteiger partial charge on any atom is -0.310 e. The van der Waals surface area contributed by atoms with Crippen LogP contribution in [-0.4, -0.2) is 0 Å². The van der Waals surface area contributed by atoms with E-state index in [2.05, 4.69) is 241 Å². The van der Waals surface area contributed by atoms with Gasteiger partial charge in [-0.1, -0.05) is 206 Å². The Kier molecular flexibility index (Phi) is 7.83. The van der Waals surface area contributed by atoms with E-state index in [0.717, 1.165) is 17.1 Å². The first-order chi connectivity index (χ1) is 29.8. The zero-order valence-corrected chi connectivity index (χ0v) is 33.0. The molecule has 1 nitrogen and oxygen atoms in total. The largest absolute Gasteiger partial charge is 0.310 e. The van der Waals surface area contributed by atoms with Gasteiger partial charge in [0.2, 0.25) is 0 Å². The van der Waals surface area contributed by atoms with Crippen LogP contribution < -0.4 is 4.90 Å². The van der Waals surface area contributed by atoms with Gasteiger partial charge in [-0.25, -0.2) is 0 Å². The summed E-state index contributed by atoms with van der Waals surface area (Å²) in [7, 11) is 0. The maximum atomic E-state index is 2.42. The first kappa shape index (κ1) is 34.3. The minimum absolute atomic E-state index is 0.442. The van der Waals surface area contributed by atoms with Gasteiger partial charge in [0.1, 0.15) is 0 Å². The van der Waals surface area contributed by atoms with Gasteiger partial charge >= 0.3 is 0 Å². The van der Waals surface area contributed by atoms with E-state index in [0.29, 0.717) is 0 Å². The van der Waals surface area contributed by atoms with Crippen molar-refractivity contribution in [3.8, 4) is 55.6 Å². The van der Waals surface area contributed by atoms with E-state index in [4.69, 9.17) is 0 Å². The molecule has 0 heterocycles. The van der Waals surface area contributed by atoms with Crippen molar-refractivity contribution in [1.29, 1.82) is 0 Å². The van der Waals surface area contributed by atoms with Crippen LogP contribution in [-0.2, 0) is 5.41 Å². The standard InChI is InChI=1S/C59H39N/c1-3-16-40(17-4-1)42-30-34-44(35-31-42)60(45-36-32-43(33-37-45)41-18-5-2-6-19-41)57-39-38-47(46-20-7-8-24-51(46)57)52-25-15-26-53-50-23-11-14-29-56(50)59(58(52)53)54-27-12-9-21-48(54)49-22-10-13-28-55(49)59/h1-39H. The van der Waals surface area contributed by atoms with E-state index in [1.54, 1.807) is 0 Å². The SMILES string of the molecule is c1ccc(-c2ccc(N(c3ccc(-c4ccccc4)cc3)c3ccc(-c4cccc5c4C4(c6ccccc6-c6ccccc64)c4ccccc4-5)c4ccccc34)cc2)cc1. The number of fused-ring (bicyclic) bond motifs is 11. The average molecular weight is 762 g/mol. The number of nitrogens with zero attached hydrogens (tertiary/aromatic N) is 1. The lowest BCUT2D eigenvalue weighted by molar-refractivity contribution is 0.796. The Bertz CT molecular complexity index is 3090. The fraction of sp³-hybridized carbons (Fsp3) is 0.0169. The summed E-state index contributed by atoms with van der Waals surface area (Å²) >= 11 is 0. The molecule has 10 aromatic rings. The minimum atomic E-state index is -0.442. The summed E-state index contributed by atoms with van der Waals surface area (Å²) in [6.45, 7) is 0. The van der Waals surface area contributed by atoms with Crippen molar-refractivity contribution < 1.29 is 0 Å². The first-order valence-corrected chi connectivity index (χ1v) is 20.8. The molecule has 1 heteroatoms. The quantitative estimate of drug-likeness (QED) is 0.163. The molecule has 0 radical (unpaired) electrons. The highest BCUT2D eigenvalue weighted by atomic mass is 15.1. The molecule has 60 heavy (non-hydrogen) atoms. The predicted molar refractivity (Wildman–Crippen MR) is 251 cm³/mol. The normalized spacial score (nSPS) is 12.8. The monoisotopic (exact) mass is 761 g/mol. The molecule has 12 rings (SSSR count). The van der Waals surface area contributed by atoms with E-state index < -0.39 is 5.41 Å². The smallest absolute Gasteiger partial charge is 0.0731 e. The van der Waals surface area contributed by atoms with Crippen LogP contribution in [0.1, 0.15) is 22.3 Å². The molecule has 10 aromatic carbocycles. The molecule has 1 spiro atoms. The van der Waals surface area contributed by atoms with Gasteiger partial charge in [0.05, 0.1) is 11.1 Å². The molecular weight excluding hydrogens is 723 g/mol. The van der Waals surface area contributed by atoms with E-state index in [1.165, 1.54) is 88.7 Å². The van der Waals surface area contributed by atoms with E-state index in [9.17, 15) is 0 Å². The molecule has 0 bridgehead atoms. The topological polar surface area (TPSA) is 3.24 Å². The summed E-state index contributed by atoms with van der Waals surface area (Å²) < 4.78 is 0. The molecule has 2 aliphatic carbocycles. The van der Waals surface area contributed by atoms with Crippen LogP contribution in [0.2, 0.25) is 0 Å². The second kappa shape index (κ2) is 13.7. The Morgan fingerprint density at radius 3 is 1.15 bits per heavy atom. The molecule has 2 aliphatic rings. The third-order valence-corrected chi connectivity index (χ3v) is 12.9. The highest BCUT2D eigenvalue weighted by molar-refractivity contribution is 6.09. The van der Waals surface area contributed by atoms with Crippen molar-refractivity contribution in [3.63, 3.8) is 0 Å². The van der Waals surface area contributed by atoms with Crippen LogP contribution in [0.5, 0.6) is 0 Å². The highest BCUT2D eigenvalue weighted by Gasteiger charge is 2.52. The molecule has 0 saturated carbocycles. The van der Waals surface area contributed by atoms with Gasteiger partial charge in [-0.05, 0) is 114 Å². The zero-order valence-electron chi connectivity index (χ0n) is 33.0. The lowest BCUT2D eigenvalue weighted by Crippen LogP contribution is -2.26. The van der Waals surface area contributed by atoms with Crippen molar-refractivity contribution in [3.05, 3.63) is 259 Å². The molecule has 0 saturated heterocycles. The van der Waals surface area contributed by atoms with Crippen molar-refractivity contribution in [2.75, 3.05) is 4.90 Å². The Hall–Kier alpha value is -7.74. The fourth-order valence-corrected chi connectivity index (χ4v) is 10.4. The summed E-state index contributed by atoms with van der Waals surface area (Å²) in [5.41, 5.74) is 20.9. The van der Waals surface area contributed by atoms with Crippen molar-refractivity contribution in [1.82, 2.24) is 0 Å². The van der Waals surface area contributed by atoms with Gasteiger partial charge in [0, 0.05) is 16.8 Å². The number of anilines is 3. The Balaban J connectivity index is 1.08. The number of hydrogen-bond acceptors (Lipinski definition) is 1. The van der Waals surface area contributed by atoms with Gasteiger partial charge in [-0.15, -0.1) is 0 Å². The van der Waals surface area contributed by atoms with Crippen LogP contribution in [0.4, 0.5) is 17.1 Å². The summed E-state index contributed by atoms with van der Waals surface area (Å²) in [5, 5.41) is 2.42. The molecule has 0 N–H and O–H groups in total. The van der Waals surface area contributed by atoms with E-state index >= 15 is 0 Å². The summed E-state index contributed by atoms with van der Waals surface area (Å²) in [6, 6.07) is 87.2.